The molecule has 0 bridgehead atoms. The van der Waals surface area contributed by atoms with Crippen LogP contribution in [0.1, 0.15) is 0 Å². The molecule has 0 aromatic heterocycles. The highest BCUT2D eigenvalue weighted by Crippen LogP contribution is 1.86. The smallest absolute Gasteiger partial charge is 0.432 e. The Balaban J connectivity index is 3.88. The van der Waals surface area contributed by atoms with E-state index in [1.165, 1.54) is 0 Å². The molecular formula is C4H6N2O2. The van der Waals surface area contributed by atoms with E-state index in [1.807, 2.05) is 0 Å². The minimum absolute atomic E-state index is 0.611. The monoisotopic (exact) mass is 114 g/mol. The van der Waals surface area contributed by atoms with Crippen LogP contribution in [0.5, 0.6) is 0 Å². The van der Waals surface area contributed by atoms with Crippen LogP contribution in [0, 0.1) is 0 Å². The Bertz CT molecular complexity index is 113. The van der Waals surface area contributed by atoms with Gasteiger partial charge in [0, 0.05) is 12.9 Å². The van der Waals surface area contributed by atoms with Crippen LogP contribution in [0.3, 0.4) is 0 Å². The Labute approximate surface area is 46.7 Å². The van der Waals surface area contributed by atoms with Gasteiger partial charge in [0.2, 0.25) is 0 Å². The molecule has 0 fully saturated rings. The Morgan fingerprint density at radius 2 is 2.38 bits per heavy atom. The molecule has 44 valence electrons. The zero-order valence-corrected chi connectivity index (χ0v) is 4.24. The molecule has 0 rings (SSSR count). The van der Waals surface area contributed by atoms with Gasteiger partial charge < -0.3 is 5.11 Å². The lowest BCUT2D eigenvalue weighted by atomic mass is 10.9. The molecule has 8 heavy (non-hydrogen) atoms. The van der Waals surface area contributed by atoms with E-state index in [9.17, 15) is 4.79 Å². The molecule has 0 aromatic carbocycles. The number of carbonyl (C=O) groups is 1. The van der Waals surface area contributed by atoms with Crippen molar-refractivity contribution in [3.05, 3.63) is 12.8 Å². The highest BCUT2D eigenvalue weighted by molar-refractivity contribution is 5.66. The normalized spacial score (nSPS) is 7.50. The SMILES string of the molecule is C=CN(N=C)C(=O)O. The highest BCUT2D eigenvalue weighted by Gasteiger charge is 2.00. The topological polar surface area (TPSA) is 52.9 Å². The van der Waals surface area contributed by atoms with E-state index in [-0.39, 0.29) is 0 Å². The second kappa shape index (κ2) is 2.79. The van der Waals surface area contributed by atoms with E-state index in [2.05, 4.69) is 18.4 Å². The van der Waals surface area contributed by atoms with Gasteiger partial charge in [-0.1, -0.05) is 6.58 Å². The van der Waals surface area contributed by atoms with Crippen molar-refractivity contribution in [3.63, 3.8) is 0 Å². The van der Waals surface area contributed by atoms with E-state index < -0.39 is 6.09 Å². The van der Waals surface area contributed by atoms with Crippen molar-refractivity contribution in [2.45, 2.75) is 0 Å². The maximum atomic E-state index is 9.88. The van der Waals surface area contributed by atoms with E-state index in [0.717, 1.165) is 6.20 Å². The van der Waals surface area contributed by atoms with Crippen molar-refractivity contribution in [2.75, 3.05) is 0 Å². The average molecular weight is 114 g/mol. The van der Waals surface area contributed by atoms with Crippen molar-refractivity contribution in [3.8, 4) is 0 Å². The van der Waals surface area contributed by atoms with Crippen LogP contribution in [0.2, 0.25) is 0 Å². The fraction of sp³-hybridized carbons (Fsp3) is 0. The Morgan fingerprint density at radius 3 is 2.38 bits per heavy atom. The van der Waals surface area contributed by atoms with Crippen LogP contribution in [0.15, 0.2) is 17.9 Å². The third kappa shape index (κ3) is 1.42. The first-order chi connectivity index (χ1) is 3.72. The summed E-state index contributed by atoms with van der Waals surface area (Å²) in [5, 5.41) is 11.8. The quantitative estimate of drug-likeness (QED) is 0.425. The standard InChI is InChI=1S/C4H6N2O2/c1-3-6(5-2)4(7)8/h3H,1-2H2,(H,7,8). The summed E-state index contributed by atoms with van der Waals surface area (Å²) in [5.41, 5.74) is 0. The third-order valence-electron chi connectivity index (χ3n) is 0.521. The van der Waals surface area contributed by atoms with Gasteiger partial charge in [-0.05, 0) is 0 Å². The van der Waals surface area contributed by atoms with Gasteiger partial charge >= 0.3 is 6.09 Å². The van der Waals surface area contributed by atoms with Crippen LogP contribution >= 0.6 is 0 Å². The molecule has 1 N–H and O–H groups in total. The molecule has 0 saturated carbocycles. The van der Waals surface area contributed by atoms with Gasteiger partial charge in [-0.15, -0.1) is 0 Å². The minimum Gasteiger partial charge on any atom is -0.463 e. The lowest BCUT2D eigenvalue weighted by molar-refractivity contribution is 0.165. The molecular weight excluding hydrogens is 108 g/mol. The first-order valence-corrected chi connectivity index (χ1v) is 1.83. The summed E-state index contributed by atoms with van der Waals surface area (Å²) in [6.45, 7) is 6.14. The molecule has 0 unspecified atom stereocenters. The average Bonchev–Trinajstić information content (AvgIpc) is 1.69. The van der Waals surface area contributed by atoms with Crippen LogP contribution in [-0.2, 0) is 0 Å². The fourth-order valence-corrected chi connectivity index (χ4v) is 0.196. The van der Waals surface area contributed by atoms with Crippen LogP contribution in [0.25, 0.3) is 0 Å². The van der Waals surface area contributed by atoms with Gasteiger partial charge in [-0.25, -0.2) is 4.79 Å². The van der Waals surface area contributed by atoms with Crippen molar-refractivity contribution in [1.82, 2.24) is 5.01 Å². The van der Waals surface area contributed by atoms with Gasteiger partial charge in [0.15, 0.2) is 0 Å². The van der Waals surface area contributed by atoms with Crippen LogP contribution in [0.4, 0.5) is 4.79 Å². The molecule has 0 aliphatic heterocycles. The zero-order valence-electron chi connectivity index (χ0n) is 4.24. The molecule has 0 aliphatic carbocycles. The molecule has 4 nitrogen and oxygen atoms in total. The number of nitrogens with zero attached hydrogens (tertiary/aromatic N) is 2. The summed E-state index contributed by atoms with van der Waals surface area (Å²) in [6.07, 6.45) is -0.134. The number of hydrogen-bond donors (Lipinski definition) is 1. The predicted molar refractivity (Wildman–Crippen MR) is 29.6 cm³/mol. The van der Waals surface area contributed by atoms with Gasteiger partial charge in [0.05, 0.1) is 0 Å². The fourth-order valence-electron chi connectivity index (χ4n) is 0.196. The number of carboxylic acid groups (broad SMARTS) is 1. The van der Waals surface area contributed by atoms with E-state index >= 15 is 0 Å². The first-order valence-electron chi connectivity index (χ1n) is 1.83. The maximum absolute atomic E-state index is 9.88. The molecule has 0 spiro atoms. The minimum atomic E-state index is -1.19. The highest BCUT2D eigenvalue weighted by atomic mass is 16.4. The second-order valence-electron chi connectivity index (χ2n) is 0.951. The van der Waals surface area contributed by atoms with Gasteiger partial charge in [0.25, 0.3) is 0 Å². The zero-order chi connectivity index (χ0) is 6.57. The van der Waals surface area contributed by atoms with E-state index in [4.69, 9.17) is 5.11 Å². The van der Waals surface area contributed by atoms with E-state index in [0.29, 0.717) is 5.01 Å². The third-order valence-corrected chi connectivity index (χ3v) is 0.521. The van der Waals surface area contributed by atoms with Crippen molar-refractivity contribution in [1.29, 1.82) is 0 Å². The summed E-state index contributed by atoms with van der Waals surface area (Å²) >= 11 is 0. The van der Waals surface area contributed by atoms with Crippen LogP contribution < -0.4 is 0 Å². The lowest BCUT2D eigenvalue weighted by Crippen LogP contribution is -2.15. The maximum Gasteiger partial charge on any atom is 0.432 e. The number of rotatable bonds is 2. The van der Waals surface area contributed by atoms with Gasteiger partial charge in [-0.3, -0.25) is 0 Å². The van der Waals surface area contributed by atoms with Crippen molar-refractivity contribution < 1.29 is 9.90 Å². The molecule has 0 aliphatic rings. The predicted octanol–water partition coefficient (Wildman–Crippen LogP) is 0.726. The number of hydrazone groups is 1. The largest absolute Gasteiger partial charge is 0.463 e. The van der Waals surface area contributed by atoms with Crippen LogP contribution in [-0.4, -0.2) is 22.9 Å². The Morgan fingerprint density at radius 1 is 1.88 bits per heavy atom. The van der Waals surface area contributed by atoms with E-state index in [1.54, 1.807) is 0 Å². The van der Waals surface area contributed by atoms with Crippen molar-refractivity contribution in [2.24, 2.45) is 5.10 Å². The molecule has 0 atom stereocenters. The summed E-state index contributed by atoms with van der Waals surface area (Å²) in [7, 11) is 0. The molecule has 4 heteroatoms. The molecule has 1 amide bonds. The summed E-state index contributed by atoms with van der Waals surface area (Å²) in [6, 6.07) is 0. The van der Waals surface area contributed by atoms with Gasteiger partial charge in [-0.2, -0.15) is 10.1 Å². The molecule has 0 radical (unpaired) electrons. The summed E-state index contributed by atoms with van der Waals surface area (Å²) < 4.78 is 0. The molecule has 0 aromatic rings. The number of hydrogen-bond acceptors (Lipinski definition) is 2. The molecule has 0 heterocycles. The Hall–Kier alpha value is -1.32. The summed E-state index contributed by atoms with van der Waals surface area (Å²) in [5.74, 6) is 0. The Kier molecular flexibility index (Phi) is 2.33. The molecule has 0 saturated heterocycles. The van der Waals surface area contributed by atoms with Crippen molar-refractivity contribution >= 4 is 12.8 Å². The number of amides is 1. The lowest BCUT2D eigenvalue weighted by Gasteiger charge is -2.02. The van der Waals surface area contributed by atoms with Gasteiger partial charge in [0.1, 0.15) is 0 Å². The summed E-state index contributed by atoms with van der Waals surface area (Å²) in [4.78, 5) is 9.88. The first kappa shape index (κ1) is 6.68. The second-order valence-corrected chi connectivity index (χ2v) is 0.951.